The summed E-state index contributed by atoms with van der Waals surface area (Å²) >= 11 is 0. The van der Waals surface area contributed by atoms with Crippen LogP contribution in [-0.2, 0) is 38.9 Å². The van der Waals surface area contributed by atoms with Crippen LogP contribution in [0.1, 0.15) is 48.8 Å². The fraction of sp³-hybridized carbons (Fsp3) is 0.440. The molecule has 0 radical (unpaired) electrons. The second-order valence-electron chi connectivity index (χ2n) is 9.23. The highest BCUT2D eigenvalue weighted by Gasteiger charge is 2.32. The van der Waals surface area contributed by atoms with Gasteiger partial charge in [-0.05, 0) is 92.0 Å². The monoisotopic (exact) mass is 467 g/mol. The molecule has 0 saturated carbocycles. The number of nitrogens with zero attached hydrogens (tertiary/aromatic N) is 1. The maximum atomic E-state index is 13.2. The minimum absolute atomic E-state index is 0.0105. The quantitative estimate of drug-likeness (QED) is 0.720. The van der Waals surface area contributed by atoms with Gasteiger partial charge in [-0.1, -0.05) is 6.07 Å². The summed E-state index contributed by atoms with van der Waals surface area (Å²) in [5, 5.41) is 5.81. The van der Waals surface area contributed by atoms with Crippen molar-refractivity contribution >= 4 is 33.2 Å². The Balaban J connectivity index is 1.21. The number of hydrogen-bond donors (Lipinski definition) is 2. The van der Waals surface area contributed by atoms with Crippen molar-refractivity contribution in [3.63, 3.8) is 0 Å². The number of hydrogen-bond acceptors (Lipinski definition) is 4. The van der Waals surface area contributed by atoms with Gasteiger partial charge in [-0.2, -0.15) is 4.31 Å². The van der Waals surface area contributed by atoms with Crippen molar-refractivity contribution in [3.8, 4) is 0 Å². The second kappa shape index (κ2) is 8.91. The number of sulfonamides is 1. The summed E-state index contributed by atoms with van der Waals surface area (Å²) in [5.41, 5.74) is 4.93. The van der Waals surface area contributed by atoms with Crippen molar-refractivity contribution < 1.29 is 18.0 Å². The highest BCUT2D eigenvalue weighted by molar-refractivity contribution is 7.89. The van der Waals surface area contributed by atoms with Crippen LogP contribution in [0.5, 0.6) is 0 Å². The van der Waals surface area contributed by atoms with Gasteiger partial charge in [0.1, 0.15) is 0 Å². The molecule has 2 aromatic rings. The van der Waals surface area contributed by atoms with Crippen molar-refractivity contribution in [2.24, 2.45) is 5.92 Å². The third-order valence-corrected chi connectivity index (χ3v) is 8.95. The molecule has 2 amide bonds. The van der Waals surface area contributed by atoms with Crippen molar-refractivity contribution in [2.45, 2.75) is 56.3 Å². The van der Waals surface area contributed by atoms with Gasteiger partial charge in [-0.25, -0.2) is 8.42 Å². The number of anilines is 2. The summed E-state index contributed by atoms with van der Waals surface area (Å²) in [5.74, 6) is -0.298. The van der Waals surface area contributed by atoms with E-state index in [0.29, 0.717) is 49.4 Å². The highest BCUT2D eigenvalue weighted by Crippen LogP contribution is 2.30. The van der Waals surface area contributed by atoms with E-state index in [-0.39, 0.29) is 17.7 Å². The molecule has 0 aromatic heterocycles. The van der Waals surface area contributed by atoms with E-state index in [0.717, 1.165) is 42.5 Å². The largest absolute Gasteiger partial charge is 0.326 e. The van der Waals surface area contributed by atoms with Gasteiger partial charge >= 0.3 is 0 Å². The van der Waals surface area contributed by atoms with Gasteiger partial charge in [0.05, 0.1) is 4.90 Å². The molecule has 1 aliphatic carbocycles. The molecule has 7 nitrogen and oxygen atoms in total. The smallest absolute Gasteiger partial charge is 0.243 e. The van der Waals surface area contributed by atoms with E-state index in [1.165, 1.54) is 9.87 Å². The van der Waals surface area contributed by atoms with Gasteiger partial charge in [0.2, 0.25) is 21.8 Å². The standard InChI is InChI=1S/C25H29N3O4S/c29-24-10-6-20-15-21(7-9-23(20)27-24)26-25(30)18-11-13-28(14-12-18)33(31,32)22-8-5-17-3-1-2-4-19(17)16-22/h5,7-9,15-16,18H,1-4,6,10-14H2,(H,26,30)(H,27,29). The van der Waals surface area contributed by atoms with E-state index < -0.39 is 10.0 Å². The Kier molecular flexibility index (Phi) is 5.97. The van der Waals surface area contributed by atoms with Crippen LogP contribution in [0.25, 0.3) is 0 Å². The number of benzene rings is 2. The summed E-state index contributed by atoms with van der Waals surface area (Å²) in [6.45, 7) is 0.682. The lowest BCUT2D eigenvalue weighted by Crippen LogP contribution is -2.41. The molecule has 2 aromatic carbocycles. The van der Waals surface area contributed by atoms with Crippen LogP contribution in [0.15, 0.2) is 41.3 Å². The number of carbonyl (C=O) groups excluding carboxylic acids is 2. The van der Waals surface area contributed by atoms with Gasteiger partial charge in [-0.15, -0.1) is 0 Å². The van der Waals surface area contributed by atoms with Gasteiger partial charge in [0.15, 0.2) is 0 Å². The zero-order chi connectivity index (χ0) is 23.0. The number of rotatable bonds is 4. The molecule has 1 saturated heterocycles. The van der Waals surface area contributed by atoms with E-state index in [2.05, 4.69) is 10.6 Å². The van der Waals surface area contributed by atoms with Crippen molar-refractivity contribution in [1.82, 2.24) is 4.31 Å². The zero-order valence-electron chi connectivity index (χ0n) is 18.6. The van der Waals surface area contributed by atoms with E-state index >= 15 is 0 Å². The van der Waals surface area contributed by atoms with E-state index in [9.17, 15) is 18.0 Å². The molecule has 174 valence electrons. The van der Waals surface area contributed by atoms with Crippen LogP contribution in [-0.4, -0.2) is 37.6 Å². The third-order valence-electron chi connectivity index (χ3n) is 7.05. The number of amides is 2. The lowest BCUT2D eigenvalue weighted by Gasteiger charge is -2.31. The first kappa shape index (κ1) is 22.1. The van der Waals surface area contributed by atoms with Crippen molar-refractivity contribution in [2.75, 3.05) is 23.7 Å². The SMILES string of the molecule is O=C1CCc2cc(NC(=O)C3CCN(S(=O)(=O)c4ccc5c(c4)CCCC5)CC3)ccc2N1. The molecular formula is C25H29N3O4S. The fourth-order valence-corrected chi connectivity index (χ4v) is 6.60. The third kappa shape index (κ3) is 4.54. The Labute approximate surface area is 194 Å². The van der Waals surface area contributed by atoms with Gasteiger partial charge in [0.25, 0.3) is 0 Å². The molecule has 2 heterocycles. The molecule has 2 aliphatic heterocycles. The molecule has 0 bridgehead atoms. The summed E-state index contributed by atoms with van der Waals surface area (Å²) in [6.07, 6.45) is 6.33. The van der Waals surface area contributed by atoms with Crippen LogP contribution in [0, 0.1) is 5.92 Å². The predicted octanol–water partition coefficient (Wildman–Crippen LogP) is 3.49. The normalized spacial score (nSPS) is 19.3. The number of carbonyl (C=O) groups is 2. The molecule has 2 N–H and O–H groups in total. The minimum atomic E-state index is -3.55. The summed E-state index contributed by atoms with van der Waals surface area (Å²) < 4.78 is 27.9. The lowest BCUT2D eigenvalue weighted by atomic mass is 9.92. The van der Waals surface area contributed by atoms with Gasteiger partial charge < -0.3 is 10.6 Å². The Morgan fingerprint density at radius 1 is 0.909 bits per heavy atom. The van der Waals surface area contributed by atoms with Gasteiger partial charge in [-0.3, -0.25) is 9.59 Å². The summed E-state index contributed by atoms with van der Waals surface area (Å²) in [7, 11) is -3.55. The van der Waals surface area contributed by atoms with Crippen LogP contribution in [0.3, 0.4) is 0 Å². The fourth-order valence-electron chi connectivity index (χ4n) is 5.08. The summed E-state index contributed by atoms with van der Waals surface area (Å²) in [4.78, 5) is 24.7. The topological polar surface area (TPSA) is 95.6 Å². The van der Waals surface area contributed by atoms with E-state index in [1.54, 1.807) is 12.1 Å². The first-order valence-corrected chi connectivity index (χ1v) is 13.2. The van der Waals surface area contributed by atoms with Crippen molar-refractivity contribution in [3.05, 3.63) is 53.1 Å². The molecule has 3 aliphatic rings. The average molecular weight is 468 g/mol. The predicted molar refractivity (Wildman–Crippen MR) is 127 cm³/mol. The first-order chi connectivity index (χ1) is 15.9. The highest BCUT2D eigenvalue weighted by atomic mass is 32.2. The van der Waals surface area contributed by atoms with E-state index in [1.807, 2.05) is 24.3 Å². The second-order valence-corrected chi connectivity index (χ2v) is 11.2. The Hall–Kier alpha value is -2.71. The molecule has 5 rings (SSSR count). The average Bonchev–Trinajstić information content (AvgIpc) is 2.84. The maximum Gasteiger partial charge on any atom is 0.243 e. The molecule has 1 fully saturated rings. The Bertz CT molecular complexity index is 1200. The first-order valence-electron chi connectivity index (χ1n) is 11.8. The number of aryl methyl sites for hydroxylation is 3. The van der Waals surface area contributed by atoms with E-state index in [4.69, 9.17) is 0 Å². The maximum absolute atomic E-state index is 13.2. The summed E-state index contributed by atoms with van der Waals surface area (Å²) in [6, 6.07) is 11.1. The Morgan fingerprint density at radius 2 is 1.67 bits per heavy atom. The lowest BCUT2D eigenvalue weighted by molar-refractivity contribution is -0.121. The van der Waals surface area contributed by atoms with Crippen molar-refractivity contribution in [1.29, 1.82) is 0 Å². The van der Waals surface area contributed by atoms with Crippen LogP contribution >= 0.6 is 0 Å². The molecule has 0 unspecified atom stereocenters. The number of piperidine rings is 1. The number of nitrogens with one attached hydrogen (secondary N) is 2. The molecule has 0 spiro atoms. The van der Waals surface area contributed by atoms with Crippen LogP contribution in [0.2, 0.25) is 0 Å². The molecule has 33 heavy (non-hydrogen) atoms. The number of fused-ring (bicyclic) bond motifs is 2. The van der Waals surface area contributed by atoms with Crippen LogP contribution in [0.4, 0.5) is 11.4 Å². The van der Waals surface area contributed by atoms with Gasteiger partial charge in [0, 0.05) is 36.8 Å². The Morgan fingerprint density at radius 3 is 2.45 bits per heavy atom. The molecule has 0 atom stereocenters. The minimum Gasteiger partial charge on any atom is -0.326 e. The molecule has 8 heteroatoms. The molecular weight excluding hydrogens is 438 g/mol. The zero-order valence-corrected chi connectivity index (χ0v) is 19.4. The van der Waals surface area contributed by atoms with Crippen LogP contribution < -0.4 is 10.6 Å².